The minimum atomic E-state index is -2.59. The quantitative estimate of drug-likeness (QED) is 0.698. The number of carbonyl (C=O) groups excluding carboxylic acids is 1. The predicted molar refractivity (Wildman–Crippen MR) is 81.0 cm³/mol. The Morgan fingerprint density at radius 1 is 1.38 bits per heavy atom. The van der Waals surface area contributed by atoms with E-state index in [1.54, 1.807) is 26.8 Å². The van der Waals surface area contributed by atoms with Gasteiger partial charge in [0.25, 0.3) is 6.43 Å². The van der Waals surface area contributed by atoms with Crippen LogP contribution in [0.15, 0.2) is 16.6 Å². The molecule has 1 amide bonds. The van der Waals surface area contributed by atoms with Crippen LogP contribution in [0.4, 0.5) is 19.3 Å². The molecule has 1 aromatic rings. The minimum Gasteiger partial charge on any atom is -0.443 e. The normalized spacial score (nSPS) is 15.1. The number of aryl methyl sites for hydroxylation is 1. The number of anilines is 1. The maximum Gasteiger partial charge on any atom is 0.414 e. The molecule has 0 aromatic heterocycles. The Kier molecular flexibility index (Phi) is 4.56. The fraction of sp³-hybridized carbons (Fsp3) is 0.533. The summed E-state index contributed by atoms with van der Waals surface area (Å²) in [5, 5.41) is 0. The van der Waals surface area contributed by atoms with Crippen molar-refractivity contribution in [3.63, 3.8) is 0 Å². The van der Waals surface area contributed by atoms with Crippen molar-refractivity contribution in [2.45, 2.75) is 45.6 Å². The summed E-state index contributed by atoms with van der Waals surface area (Å²) in [6.45, 7) is 5.82. The van der Waals surface area contributed by atoms with E-state index in [0.717, 1.165) is 18.4 Å². The van der Waals surface area contributed by atoms with Crippen LogP contribution < -0.4 is 4.90 Å². The number of alkyl halides is 2. The molecule has 1 aromatic carbocycles. The number of rotatable bonds is 1. The fourth-order valence-electron chi connectivity index (χ4n) is 2.29. The molecule has 0 atom stereocenters. The first-order chi connectivity index (χ1) is 9.69. The van der Waals surface area contributed by atoms with Crippen molar-refractivity contribution in [3.8, 4) is 0 Å². The molecule has 1 heterocycles. The van der Waals surface area contributed by atoms with E-state index >= 15 is 0 Å². The van der Waals surface area contributed by atoms with Gasteiger partial charge in [-0.2, -0.15) is 0 Å². The average Bonchev–Trinajstić information content (AvgIpc) is 2.34. The highest BCUT2D eigenvalue weighted by atomic mass is 79.9. The highest BCUT2D eigenvalue weighted by molar-refractivity contribution is 9.10. The predicted octanol–water partition coefficient (Wildman–Crippen LogP) is 5.07. The van der Waals surface area contributed by atoms with Crippen LogP contribution in [-0.4, -0.2) is 18.2 Å². The molecule has 0 spiro atoms. The molecule has 3 nitrogen and oxygen atoms in total. The van der Waals surface area contributed by atoms with Crippen molar-refractivity contribution in [1.82, 2.24) is 0 Å². The summed E-state index contributed by atoms with van der Waals surface area (Å²) < 4.78 is 31.8. The Balaban J connectivity index is 2.38. The lowest BCUT2D eigenvalue weighted by molar-refractivity contribution is 0.0577. The van der Waals surface area contributed by atoms with Crippen LogP contribution in [0.5, 0.6) is 0 Å². The third-order valence-corrected chi connectivity index (χ3v) is 3.85. The fourth-order valence-corrected chi connectivity index (χ4v) is 2.86. The first kappa shape index (κ1) is 16.2. The molecule has 0 N–H and O–H groups in total. The molecule has 2 rings (SSSR count). The SMILES string of the molecule is CC(C)(C)OC(=O)N1CCCc2cc(Br)c(C(F)F)cc21. The van der Waals surface area contributed by atoms with Crippen LogP contribution in [0.1, 0.15) is 44.7 Å². The highest BCUT2D eigenvalue weighted by Crippen LogP contribution is 2.37. The number of halogens is 3. The number of hydrogen-bond acceptors (Lipinski definition) is 2. The molecule has 116 valence electrons. The first-order valence-corrected chi connectivity index (χ1v) is 7.59. The smallest absolute Gasteiger partial charge is 0.414 e. The van der Waals surface area contributed by atoms with E-state index in [0.29, 0.717) is 16.7 Å². The summed E-state index contributed by atoms with van der Waals surface area (Å²) in [7, 11) is 0. The lowest BCUT2D eigenvalue weighted by atomic mass is 10.00. The molecular weight excluding hydrogens is 344 g/mol. The zero-order valence-electron chi connectivity index (χ0n) is 12.3. The van der Waals surface area contributed by atoms with Crippen molar-refractivity contribution in [3.05, 3.63) is 27.7 Å². The molecule has 0 radical (unpaired) electrons. The van der Waals surface area contributed by atoms with Gasteiger partial charge in [-0.3, -0.25) is 4.90 Å². The maximum absolute atomic E-state index is 13.0. The van der Waals surface area contributed by atoms with Gasteiger partial charge in [-0.25, -0.2) is 13.6 Å². The Morgan fingerprint density at radius 3 is 2.62 bits per heavy atom. The standard InChI is InChI=1S/C15H18BrF2NO2/c1-15(2,3)21-14(20)19-6-4-5-9-7-11(16)10(13(17)18)8-12(9)19/h7-8,13H,4-6H2,1-3H3. The molecule has 0 unspecified atom stereocenters. The van der Waals surface area contributed by atoms with Gasteiger partial charge in [0.2, 0.25) is 0 Å². The number of nitrogens with zero attached hydrogens (tertiary/aromatic N) is 1. The second-order valence-electron chi connectivity index (χ2n) is 6.04. The van der Waals surface area contributed by atoms with E-state index in [9.17, 15) is 13.6 Å². The van der Waals surface area contributed by atoms with E-state index in [-0.39, 0.29) is 5.56 Å². The van der Waals surface area contributed by atoms with Gasteiger partial charge < -0.3 is 4.74 Å². The van der Waals surface area contributed by atoms with Gasteiger partial charge >= 0.3 is 6.09 Å². The lowest BCUT2D eigenvalue weighted by Gasteiger charge is -2.32. The Hall–Kier alpha value is -1.17. The van der Waals surface area contributed by atoms with Crippen LogP contribution in [0, 0.1) is 0 Å². The van der Waals surface area contributed by atoms with E-state index in [4.69, 9.17) is 4.74 Å². The van der Waals surface area contributed by atoms with Crippen LogP contribution in [-0.2, 0) is 11.2 Å². The second-order valence-corrected chi connectivity index (χ2v) is 6.89. The summed E-state index contributed by atoms with van der Waals surface area (Å²) >= 11 is 3.17. The van der Waals surface area contributed by atoms with E-state index in [1.807, 2.05) is 0 Å². The molecule has 0 bridgehead atoms. The van der Waals surface area contributed by atoms with Crippen molar-refractivity contribution in [1.29, 1.82) is 0 Å². The molecule has 1 aliphatic rings. The first-order valence-electron chi connectivity index (χ1n) is 6.80. The average molecular weight is 362 g/mol. The summed E-state index contributed by atoms with van der Waals surface area (Å²) in [6, 6.07) is 3.06. The minimum absolute atomic E-state index is 0.107. The summed E-state index contributed by atoms with van der Waals surface area (Å²) in [5.74, 6) is 0. The molecule has 0 aliphatic carbocycles. The van der Waals surface area contributed by atoms with E-state index < -0.39 is 18.1 Å². The number of benzene rings is 1. The summed E-state index contributed by atoms with van der Waals surface area (Å²) in [6.07, 6.45) is -1.54. The van der Waals surface area contributed by atoms with Gasteiger partial charge in [-0.15, -0.1) is 0 Å². The Labute approximate surface area is 131 Å². The Morgan fingerprint density at radius 2 is 2.05 bits per heavy atom. The third kappa shape index (κ3) is 3.73. The molecule has 0 saturated carbocycles. The third-order valence-electron chi connectivity index (χ3n) is 3.17. The molecule has 21 heavy (non-hydrogen) atoms. The van der Waals surface area contributed by atoms with Gasteiger partial charge in [-0.05, 0) is 51.3 Å². The van der Waals surface area contributed by atoms with Crippen molar-refractivity contribution in [2.75, 3.05) is 11.4 Å². The number of hydrogen-bond donors (Lipinski definition) is 0. The highest BCUT2D eigenvalue weighted by Gasteiger charge is 2.29. The lowest BCUT2D eigenvalue weighted by Crippen LogP contribution is -2.39. The van der Waals surface area contributed by atoms with Crippen LogP contribution in [0.3, 0.4) is 0 Å². The van der Waals surface area contributed by atoms with Crippen molar-refractivity contribution < 1.29 is 18.3 Å². The zero-order chi connectivity index (χ0) is 15.8. The zero-order valence-corrected chi connectivity index (χ0v) is 13.8. The van der Waals surface area contributed by atoms with Gasteiger partial charge in [0.15, 0.2) is 0 Å². The van der Waals surface area contributed by atoms with Crippen LogP contribution >= 0.6 is 15.9 Å². The topological polar surface area (TPSA) is 29.5 Å². The molecular formula is C15H18BrF2NO2. The van der Waals surface area contributed by atoms with E-state index in [1.165, 1.54) is 11.0 Å². The van der Waals surface area contributed by atoms with E-state index in [2.05, 4.69) is 15.9 Å². The van der Waals surface area contributed by atoms with Gasteiger partial charge in [-0.1, -0.05) is 15.9 Å². The number of ether oxygens (including phenoxy) is 1. The number of carbonyl (C=O) groups is 1. The monoisotopic (exact) mass is 361 g/mol. The summed E-state index contributed by atoms with van der Waals surface area (Å²) in [4.78, 5) is 13.7. The molecule has 0 fully saturated rings. The van der Waals surface area contributed by atoms with Crippen LogP contribution in [0.2, 0.25) is 0 Å². The molecule has 0 saturated heterocycles. The largest absolute Gasteiger partial charge is 0.443 e. The van der Waals surface area contributed by atoms with Crippen molar-refractivity contribution in [2.24, 2.45) is 0 Å². The molecule has 6 heteroatoms. The Bertz CT molecular complexity index is 555. The maximum atomic E-state index is 13.0. The number of fused-ring (bicyclic) bond motifs is 1. The van der Waals surface area contributed by atoms with Gasteiger partial charge in [0.1, 0.15) is 5.60 Å². The second kappa shape index (κ2) is 5.91. The van der Waals surface area contributed by atoms with Gasteiger partial charge in [0.05, 0.1) is 5.69 Å². The molecule has 1 aliphatic heterocycles. The van der Waals surface area contributed by atoms with Crippen LogP contribution in [0.25, 0.3) is 0 Å². The number of amides is 1. The van der Waals surface area contributed by atoms with Crippen molar-refractivity contribution >= 4 is 27.7 Å². The summed E-state index contributed by atoms with van der Waals surface area (Å²) in [5.41, 5.74) is 0.678. The van der Waals surface area contributed by atoms with Gasteiger partial charge in [0, 0.05) is 16.6 Å².